The van der Waals surface area contributed by atoms with Gasteiger partial charge in [0.05, 0.1) is 5.69 Å². The van der Waals surface area contributed by atoms with Crippen molar-refractivity contribution in [2.24, 2.45) is 0 Å². The number of carbonyl (C=O) groups is 1. The monoisotopic (exact) mass is 316 g/mol. The lowest BCUT2D eigenvalue weighted by atomic mass is 10.1. The molecule has 2 heterocycles. The van der Waals surface area contributed by atoms with Crippen molar-refractivity contribution in [3.05, 3.63) is 66.6 Å². The van der Waals surface area contributed by atoms with Crippen molar-refractivity contribution in [2.45, 2.75) is 0 Å². The van der Waals surface area contributed by atoms with Crippen LogP contribution in [0.25, 0.3) is 27.7 Å². The lowest BCUT2D eigenvalue weighted by Crippen LogP contribution is -2.01. The van der Waals surface area contributed by atoms with Crippen molar-refractivity contribution in [3.63, 3.8) is 0 Å². The third-order valence-electron chi connectivity index (χ3n) is 3.85. The Morgan fingerprint density at radius 3 is 2.62 bits per heavy atom. The van der Waals surface area contributed by atoms with Gasteiger partial charge in [0, 0.05) is 28.7 Å². The van der Waals surface area contributed by atoms with Gasteiger partial charge in [0.15, 0.2) is 12.0 Å². The van der Waals surface area contributed by atoms with E-state index in [0.29, 0.717) is 17.4 Å². The van der Waals surface area contributed by atoms with Gasteiger partial charge in [-0.05, 0) is 24.3 Å². The number of hydrogen-bond acceptors (Lipinski definition) is 5. The van der Waals surface area contributed by atoms with Crippen LogP contribution in [0.5, 0.6) is 5.75 Å². The zero-order chi connectivity index (χ0) is 16.5. The third kappa shape index (κ3) is 2.13. The summed E-state index contributed by atoms with van der Waals surface area (Å²) < 4.78 is 1.60. The number of pyridine rings is 1. The Labute approximate surface area is 137 Å². The lowest BCUT2D eigenvalue weighted by molar-refractivity contribution is 0.111. The summed E-state index contributed by atoms with van der Waals surface area (Å²) in [6.07, 6.45) is 3.99. The van der Waals surface area contributed by atoms with Gasteiger partial charge in [-0.3, -0.25) is 9.78 Å². The first-order valence-corrected chi connectivity index (χ1v) is 7.32. The van der Waals surface area contributed by atoms with Crippen LogP contribution >= 0.6 is 0 Å². The summed E-state index contributed by atoms with van der Waals surface area (Å²) in [7, 11) is 0. The predicted octanol–water partition coefficient (Wildman–Crippen LogP) is 3.00. The van der Waals surface area contributed by atoms with Crippen LogP contribution in [0.4, 0.5) is 0 Å². The number of rotatable bonds is 3. The van der Waals surface area contributed by atoms with Crippen LogP contribution in [0.2, 0.25) is 0 Å². The molecule has 6 nitrogen and oxygen atoms in total. The molecule has 6 heteroatoms. The Morgan fingerprint density at radius 1 is 1.00 bits per heavy atom. The standard InChI is InChI=1S/C18H12N4O2/c23-11-15-18(12-4-3-9-19-10-12)22(21-20-15)16-7-1-6-14-13(16)5-2-8-17(14)24/h1-11,24H. The predicted molar refractivity (Wildman–Crippen MR) is 89.1 cm³/mol. The highest BCUT2D eigenvalue weighted by Crippen LogP contribution is 2.31. The highest BCUT2D eigenvalue weighted by molar-refractivity contribution is 5.95. The summed E-state index contributed by atoms with van der Waals surface area (Å²) >= 11 is 0. The SMILES string of the molecule is O=Cc1nnn(-c2cccc3c(O)cccc23)c1-c1cccnc1. The highest BCUT2D eigenvalue weighted by atomic mass is 16.3. The number of phenols is 1. The number of nitrogens with zero attached hydrogens (tertiary/aromatic N) is 4. The molecule has 0 aliphatic carbocycles. The molecule has 0 saturated heterocycles. The van der Waals surface area contributed by atoms with Gasteiger partial charge in [-0.15, -0.1) is 5.10 Å². The first-order valence-electron chi connectivity index (χ1n) is 7.32. The van der Waals surface area contributed by atoms with Gasteiger partial charge < -0.3 is 5.11 Å². The van der Waals surface area contributed by atoms with Crippen LogP contribution in [0.3, 0.4) is 0 Å². The second kappa shape index (κ2) is 5.58. The van der Waals surface area contributed by atoms with Crippen LogP contribution in [-0.4, -0.2) is 31.4 Å². The largest absolute Gasteiger partial charge is 0.507 e. The smallest absolute Gasteiger partial charge is 0.172 e. The summed E-state index contributed by atoms with van der Waals surface area (Å²) in [5, 5.41) is 19.7. The van der Waals surface area contributed by atoms with Gasteiger partial charge in [-0.25, -0.2) is 4.68 Å². The first-order chi connectivity index (χ1) is 11.8. The van der Waals surface area contributed by atoms with E-state index in [1.54, 1.807) is 35.3 Å². The van der Waals surface area contributed by atoms with Gasteiger partial charge in [0.1, 0.15) is 11.4 Å². The van der Waals surface area contributed by atoms with Crippen LogP contribution < -0.4 is 0 Å². The second-order valence-corrected chi connectivity index (χ2v) is 5.24. The van der Waals surface area contributed by atoms with Gasteiger partial charge in [0.2, 0.25) is 0 Å². The molecule has 2 aromatic heterocycles. The van der Waals surface area contributed by atoms with E-state index in [4.69, 9.17) is 0 Å². The summed E-state index contributed by atoms with van der Waals surface area (Å²) in [5.74, 6) is 0.188. The van der Waals surface area contributed by atoms with E-state index in [1.807, 2.05) is 30.3 Å². The quantitative estimate of drug-likeness (QED) is 0.588. The lowest BCUT2D eigenvalue weighted by Gasteiger charge is -2.10. The summed E-state index contributed by atoms with van der Waals surface area (Å²) in [6, 6.07) is 14.4. The Hall–Kier alpha value is -3.54. The average Bonchev–Trinajstić information content (AvgIpc) is 3.06. The fourth-order valence-electron chi connectivity index (χ4n) is 2.78. The molecule has 0 unspecified atom stereocenters. The van der Waals surface area contributed by atoms with Crippen molar-refractivity contribution in [3.8, 4) is 22.7 Å². The van der Waals surface area contributed by atoms with E-state index >= 15 is 0 Å². The molecule has 24 heavy (non-hydrogen) atoms. The van der Waals surface area contributed by atoms with E-state index in [2.05, 4.69) is 15.3 Å². The minimum absolute atomic E-state index is 0.188. The average molecular weight is 316 g/mol. The molecule has 4 aromatic rings. The Morgan fingerprint density at radius 2 is 1.83 bits per heavy atom. The Kier molecular flexibility index (Phi) is 3.28. The fourth-order valence-corrected chi connectivity index (χ4v) is 2.78. The number of aromatic nitrogens is 4. The molecular weight excluding hydrogens is 304 g/mol. The molecule has 0 radical (unpaired) electrons. The maximum absolute atomic E-state index is 11.4. The van der Waals surface area contributed by atoms with Gasteiger partial charge in [0.25, 0.3) is 0 Å². The number of aldehydes is 1. The molecule has 4 rings (SSSR count). The van der Waals surface area contributed by atoms with Gasteiger partial charge >= 0.3 is 0 Å². The number of hydrogen-bond donors (Lipinski definition) is 1. The van der Waals surface area contributed by atoms with Crippen LogP contribution in [0.15, 0.2) is 60.9 Å². The molecule has 2 aromatic carbocycles. The third-order valence-corrected chi connectivity index (χ3v) is 3.85. The van der Waals surface area contributed by atoms with Crippen LogP contribution in [0.1, 0.15) is 10.5 Å². The highest BCUT2D eigenvalue weighted by Gasteiger charge is 2.17. The zero-order valence-corrected chi connectivity index (χ0v) is 12.5. The molecular formula is C18H12N4O2. The first kappa shape index (κ1) is 14.1. The van der Waals surface area contributed by atoms with Crippen LogP contribution in [-0.2, 0) is 0 Å². The molecule has 116 valence electrons. The van der Waals surface area contributed by atoms with Crippen molar-refractivity contribution in [1.29, 1.82) is 0 Å². The Bertz CT molecular complexity index is 1040. The van der Waals surface area contributed by atoms with Gasteiger partial charge in [-0.2, -0.15) is 0 Å². The number of aromatic hydroxyl groups is 1. The minimum atomic E-state index is 0.188. The van der Waals surface area contributed by atoms with Crippen molar-refractivity contribution >= 4 is 17.1 Å². The van der Waals surface area contributed by atoms with Crippen molar-refractivity contribution < 1.29 is 9.90 Å². The number of carbonyl (C=O) groups excluding carboxylic acids is 1. The molecule has 0 atom stereocenters. The van der Waals surface area contributed by atoms with Crippen molar-refractivity contribution in [2.75, 3.05) is 0 Å². The summed E-state index contributed by atoms with van der Waals surface area (Å²) in [5.41, 5.74) is 2.26. The van der Waals surface area contributed by atoms with E-state index < -0.39 is 0 Å². The summed E-state index contributed by atoms with van der Waals surface area (Å²) in [6.45, 7) is 0. The molecule has 0 aliphatic heterocycles. The summed E-state index contributed by atoms with van der Waals surface area (Å²) in [4.78, 5) is 15.5. The molecule has 0 spiro atoms. The van der Waals surface area contributed by atoms with Gasteiger partial charge in [-0.1, -0.05) is 29.5 Å². The molecule has 0 aliphatic rings. The van der Waals surface area contributed by atoms with E-state index in [9.17, 15) is 9.90 Å². The maximum Gasteiger partial charge on any atom is 0.172 e. The molecule has 0 saturated carbocycles. The van der Waals surface area contributed by atoms with E-state index in [-0.39, 0.29) is 11.4 Å². The fraction of sp³-hybridized carbons (Fsp3) is 0. The zero-order valence-electron chi connectivity index (χ0n) is 12.5. The Balaban J connectivity index is 2.04. The topological polar surface area (TPSA) is 80.9 Å². The second-order valence-electron chi connectivity index (χ2n) is 5.24. The molecule has 0 amide bonds. The number of benzene rings is 2. The molecule has 0 fully saturated rings. The normalized spacial score (nSPS) is 10.8. The molecule has 1 N–H and O–H groups in total. The minimum Gasteiger partial charge on any atom is -0.507 e. The van der Waals surface area contributed by atoms with E-state index in [0.717, 1.165) is 16.6 Å². The number of phenolic OH excluding ortho intramolecular Hbond substituents is 1. The van der Waals surface area contributed by atoms with E-state index in [1.165, 1.54) is 0 Å². The number of fused-ring (bicyclic) bond motifs is 1. The molecule has 0 bridgehead atoms. The maximum atomic E-state index is 11.4. The van der Waals surface area contributed by atoms with Crippen LogP contribution in [0, 0.1) is 0 Å². The van der Waals surface area contributed by atoms with Crippen molar-refractivity contribution in [1.82, 2.24) is 20.0 Å².